The third-order valence-electron chi connectivity index (χ3n) is 8.71. The molecule has 1 aliphatic carbocycles. The third-order valence-corrected chi connectivity index (χ3v) is 8.71. The minimum atomic E-state index is -4.83. The van der Waals surface area contributed by atoms with E-state index in [0.29, 0.717) is 64.1 Å². The highest BCUT2D eigenvalue weighted by molar-refractivity contribution is 5.80. The van der Waals surface area contributed by atoms with Gasteiger partial charge < -0.3 is 24.2 Å². The number of aromatic amines is 1. The van der Waals surface area contributed by atoms with Gasteiger partial charge in [0, 0.05) is 44.7 Å². The number of fused-ring (bicyclic) bond motifs is 3. The van der Waals surface area contributed by atoms with Crippen LogP contribution in [-0.2, 0) is 21.9 Å². The SMILES string of the molecule is O=C(C1CC(OC[C@@H]2CCCN2c2cn[nH]c(=O)c2C(F)(F)F)C1)N1CCN2c3ncc(C(F)(F)F)cc3OCCC2C1. The fourth-order valence-electron chi connectivity index (χ4n) is 6.42. The van der Waals surface area contributed by atoms with E-state index in [2.05, 4.69) is 10.1 Å². The van der Waals surface area contributed by atoms with E-state index in [0.717, 1.165) is 18.5 Å². The van der Waals surface area contributed by atoms with Crippen LogP contribution in [0.25, 0.3) is 0 Å². The molecule has 234 valence electrons. The van der Waals surface area contributed by atoms with Gasteiger partial charge in [0.25, 0.3) is 5.56 Å². The molecule has 1 amide bonds. The number of aromatic nitrogens is 3. The number of ether oxygens (including phenoxy) is 2. The summed E-state index contributed by atoms with van der Waals surface area (Å²) in [5.41, 5.74) is -3.69. The van der Waals surface area contributed by atoms with Crippen molar-refractivity contribution >= 4 is 17.4 Å². The lowest BCUT2D eigenvalue weighted by atomic mass is 9.81. The van der Waals surface area contributed by atoms with Crippen molar-refractivity contribution in [2.75, 3.05) is 49.2 Å². The van der Waals surface area contributed by atoms with Gasteiger partial charge in [-0.3, -0.25) is 9.59 Å². The molecule has 2 aromatic heterocycles. The van der Waals surface area contributed by atoms with E-state index in [-0.39, 0.29) is 54.7 Å². The molecule has 0 radical (unpaired) electrons. The van der Waals surface area contributed by atoms with Gasteiger partial charge in [0.05, 0.1) is 48.8 Å². The summed E-state index contributed by atoms with van der Waals surface area (Å²) >= 11 is 0. The molecule has 16 heteroatoms. The second-order valence-corrected chi connectivity index (χ2v) is 11.4. The Morgan fingerprint density at radius 3 is 2.58 bits per heavy atom. The molecular formula is C27H30F6N6O4. The predicted molar refractivity (Wildman–Crippen MR) is 140 cm³/mol. The second kappa shape index (κ2) is 11.2. The Bertz CT molecular complexity index is 1410. The highest BCUT2D eigenvalue weighted by atomic mass is 19.4. The zero-order valence-electron chi connectivity index (χ0n) is 23.0. The average molecular weight is 617 g/mol. The summed E-state index contributed by atoms with van der Waals surface area (Å²) in [4.78, 5) is 34.4. The Labute approximate surface area is 241 Å². The lowest BCUT2D eigenvalue weighted by Gasteiger charge is -2.44. The molecule has 2 aromatic rings. The summed E-state index contributed by atoms with van der Waals surface area (Å²) < 4.78 is 91.8. The Morgan fingerprint density at radius 1 is 1.05 bits per heavy atom. The Balaban J connectivity index is 1.02. The Hall–Kier alpha value is -3.56. The van der Waals surface area contributed by atoms with Crippen LogP contribution in [0.1, 0.15) is 43.2 Å². The van der Waals surface area contributed by atoms with E-state index in [1.807, 2.05) is 10.00 Å². The maximum atomic E-state index is 13.6. The molecule has 0 spiro atoms. The molecule has 2 atom stereocenters. The van der Waals surface area contributed by atoms with Crippen LogP contribution in [0.15, 0.2) is 23.3 Å². The number of carbonyl (C=O) groups is 1. The van der Waals surface area contributed by atoms with E-state index in [1.54, 1.807) is 4.90 Å². The molecule has 3 aliphatic heterocycles. The van der Waals surface area contributed by atoms with E-state index in [4.69, 9.17) is 9.47 Å². The van der Waals surface area contributed by atoms with Crippen molar-refractivity contribution in [1.29, 1.82) is 0 Å². The van der Waals surface area contributed by atoms with E-state index in [1.165, 1.54) is 4.90 Å². The summed E-state index contributed by atoms with van der Waals surface area (Å²) in [7, 11) is 0. The number of hydrogen-bond acceptors (Lipinski definition) is 8. The third kappa shape index (κ3) is 5.85. The highest BCUT2D eigenvalue weighted by Gasteiger charge is 2.43. The number of H-pyrrole nitrogens is 1. The fraction of sp³-hybridized carbons (Fsp3) is 0.630. The molecule has 6 rings (SSSR count). The van der Waals surface area contributed by atoms with Gasteiger partial charge in [0.15, 0.2) is 11.6 Å². The van der Waals surface area contributed by atoms with Crippen LogP contribution in [0, 0.1) is 5.92 Å². The van der Waals surface area contributed by atoms with Crippen LogP contribution in [0.2, 0.25) is 0 Å². The van der Waals surface area contributed by atoms with Crippen LogP contribution >= 0.6 is 0 Å². The first-order chi connectivity index (χ1) is 20.4. The fourth-order valence-corrected chi connectivity index (χ4v) is 6.42. The quantitative estimate of drug-likeness (QED) is 0.510. The molecule has 43 heavy (non-hydrogen) atoms. The van der Waals surface area contributed by atoms with Gasteiger partial charge in [-0.25, -0.2) is 10.1 Å². The van der Waals surface area contributed by atoms with Gasteiger partial charge in [0.2, 0.25) is 5.91 Å². The van der Waals surface area contributed by atoms with E-state index < -0.39 is 29.0 Å². The summed E-state index contributed by atoms with van der Waals surface area (Å²) in [5.74, 6) is 0.171. The lowest BCUT2D eigenvalue weighted by molar-refractivity contribution is -0.145. The molecule has 10 nitrogen and oxygen atoms in total. The number of halogens is 6. The van der Waals surface area contributed by atoms with Gasteiger partial charge in [-0.15, -0.1) is 0 Å². The van der Waals surface area contributed by atoms with Crippen molar-refractivity contribution in [3.8, 4) is 5.75 Å². The number of pyridine rings is 1. The van der Waals surface area contributed by atoms with Crippen molar-refractivity contribution in [3.05, 3.63) is 39.9 Å². The van der Waals surface area contributed by atoms with Crippen LogP contribution in [0.5, 0.6) is 5.75 Å². The molecular weight excluding hydrogens is 586 g/mol. The normalized spacial score (nSPS) is 25.9. The minimum absolute atomic E-state index is 0.0165. The highest BCUT2D eigenvalue weighted by Crippen LogP contribution is 2.40. The standard InChI is InChI=1S/C27H30F6N6O4/c28-26(29,30)16-10-21-23(34-11-16)39-6-5-37(13-17(39)3-7-42-21)25(41)15-8-19(9-15)43-14-18-2-1-4-38(18)20-12-35-36-24(40)22(20)27(31,32)33/h10-12,15,17-19H,1-9,13-14H2,(H,36,40)/t15?,17?,18-,19?/m0/s1. The van der Waals surface area contributed by atoms with Crippen LogP contribution in [-0.4, -0.2) is 83.6 Å². The molecule has 2 saturated heterocycles. The van der Waals surface area contributed by atoms with Gasteiger partial charge >= 0.3 is 12.4 Å². The first-order valence-corrected chi connectivity index (χ1v) is 14.2. The molecule has 3 fully saturated rings. The molecule has 0 aromatic carbocycles. The van der Waals surface area contributed by atoms with Crippen molar-refractivity contribution in [1.82, 2.24) is 20.1 Å². The Kier molecular flexibility index (Phi) is 7.67. The summed E-state index contributed by atoms with van der Waals surface area (Å²) in [5, 5.41) is 5.43. The van der Waals surface area contributed by atoms with Crippen molar-refractivity contribution in [2.45, 2.75) is 62.6 Å². The van der Waals surface area contributed by atoms with E-state index >= 15 is 0 Å². The van der Waals surface area contributed by atoms with Gasteiger partial charge in [-0.05, 0) is 31.7 Å². The number of piperazine rings is 1. The second-order valence-electron chi connectivity index (χ2n) is 11.4. The molecule has 1 saturated carbocycles. The summed E-state index contributed by atoms with van der Waals surface area (Å²) in [6, 6.07) is 0.464. The smallest absolute Gasteiger partial charge is 0.423 e. The minimum Gasteiger partial charge on any atom is -0.490 e. The van der Waals surface area contributed by atoms with Crippen molar-refractivity contribution in [2.24, 2.45) is 5.92 Å². The van der Waals surface area contributed by atoms with Gasteiger partial charge in [0.1, 0.15) is 5.56 Å². The monoisotopic (exact) mass is 616 g/mol. The van der Waals surface area contributed by atoms with Crippen molar-refractivity contribution < 1.29 is 40.6 Å². The lowest BCUT2D eigenvalue weighted by Crippen LogP contribution is -2.57. The van der Waals surface area contributed by atoms with Gasteiger partial charge in [-0.2, -0.15) is 31.4 Å². The molecule has 4 aliphatic rings. The largest absolute Gasteiger partial charge is 0.490 e. The number of amides is 1. The average Bonchev–Trinajstić information content (AvgIpc) is 3.31. The first kappa shape index (κ1) is 29.5. The molecule has 1 N–H and O–H groups in total. The number of carbonyl (C=O) groups excluding carboxylic acids is 1. The van der Waals surface area contributed by atoms with Crippen molar-refractivity contribution in [3.63, 3.8) is 0 Å². The molecule has 5 heterocycles. The zero-order valence-corrected chi connectivity index (χ0v) is 23.0. The number of nitrogens with one attached hydrogen (secondary N) is 1. The van der Waals surface area contributed by atoms with Crippen LogP contribution in [0.3, 0.4) is 0 Å². The zero-order chi connectivity index (χ0) is 30.5. The number of hydrogen-bond donors (Lipinski definition) is 1. The first-order valence-electron chi connectivity index (χ1n) is 14.2. The number of nitrogens with zero attached hydrogens (tertiary/aromatic N) is 5. The maximum Gasteiger partial charge on any atom is 0.423 e. The summed E-state index contributed by atoms with van der Waals surface area (Å²) in [6.07, 6.45) is -4.99. The Morgan fingerprint density at radius 2 is 1.84 bits per heavy atom. The van der Waals surface area contributed by atoms with Crippen LogP contribution < -0.4 is 20.1 Å². The van der Waals surface area contributed by atoms with Crippen LogP contribution in [0.4, 0.5) is 37.8 Å². The maximum absolute atomic E-state index is 13.6. The molecule has 1 unspecified atom stereocenters. The van der Waals surface area contributed by atoms with E-state index in [9.17, 15) is 35.9 Å². The number of anilines is 2. The van der Waals surface area contributed by atoms with Gasteiger partial charge in [-0.1, -0.05) is 0 Å². The number of rotatable bonds is 5. The predicted octanol–water partition coefficient (Wildman–Crippen LogP) is 3.47. The molecule has 0 bridgehead atoms. The summed E-state index contributed by atoms with van der Waals surface area (Å²) in [6.45, 7) is 1.91. The topological polar surface area (TPSA) is 104 Å². The number of alkyl halides is 6.